The van der Waals surface area contributed by atoms with Crippen molar-refractivity contribution in [3.05, 3.63) is 30.1 Å². The van der Waals surface area contributed by atoms with Crippen LogP contribution in [-0.2, 0) is 5.54 Å². The van der Waals surface area contributed by atoms with E-state index in [4.69, 9.17) is 15.0 Å². The fraction of sp³-hybridized carbons (Fsp3) is 0.500. The number of ether oxygens (including phenoxy) is 1. The number of hydrogen-bond acceptors (Lipinski definition) is 5. The van der Waals surface area contributed by atoms with Crippen molar-refractivity contribution in [2.45, 2.75) is 38.1 Å². The van der Waals surface area contributed by atoms with E-state index in [9.17, 15) is 0 Å². The lowest BCUT2D eigenvalue weighted by molar-refractivity contribution is 0.222. The topological polar surface area (TPSA) is 74.2 Å². The van der Waals surface area contributed by atoms with E-state index in [2.05, 4.69) is 17.1 Å². The number of rotatable bonds is 3. The van der Waals surface area contributed by atoms with Crippen molar-refractivity contribution in [1.29, 1.82) is 0 Å². The first kappa shape index (κ1) is 14.1. The molecule has 0 bridgehead atoms. The van der Waals surface area contributed by atoms with Gasteiger partial charge in [-0.05, 0) is 43.0 Å². The Morgan fingerprint density at radius 1 is 1.33 bits per heavy atom. The fourth-order valence-electron chi connectivity index (χ4n) is 3.07. The third kappa shape index (κ3) is 2.78. The van der Waals surface area contributed by atoms with Gasteiger partial charge in [0.05, 0.1) is 12.6 Å². The standard InChI is InChI=1S/C16H21N3O2/c1-11-4-3-9-16(17,10-11)15-18-14(21-19-15)12-5-7-13(20-2)8-6-12/h5-8,11H,3-4,9-10,17H2,1-2H3. The number of aromatic nitrogens is 2. The van der Waals surface area contributed by atoms with Crippen LogP contribution in [0.25, 0.3) is 11.5 Å². The largest absolute Gasteiger partial charge is 0.497 e. The zero-order valence-electron chi connectivity index (χ0n) is 12.5. The first-order valence-electron chi connectivity index (χ1n) is 7.38. The summed E-state index contributed by atoms with van der Waals surface area (Å²) in [6, 6.07) is 7.56. The van der Waals surface area contributed by atoms with Crippen molar-refractivity contribution < 1.29 is 9.26 Å². The van der Waals surface area contributed by atoms with Crippen LogP contribution >= 0.6 is 0 Å². The lowest BCUT2D eigenvalue weighted by Crippen LogP contribution is -2.42. The molecule has 0 aliphatic heterocycles. The number of hydrogen-bond donors (Lipinski definition) is 1. The molecule has 0 spiro atoms. The molecule has 2 atom stereocenters. The van der Waals surface area contributed by atoms with Crippen molar-refractivity contribution in [2.24, 2.45) is 11.7 Å². The third-order valence-electron chi connectivity index (χ3n) is 4.24. The second-order valence-corrected chi connectivity index (χ2v) is 6.01. The Morgan fingerprint density at radius 3 is 2.76 bits per heavy atom. The van der Waals surface area contributed by atoms with Crippen LogP contribution < -0.4 is 10.5 Å². The van der Waals surface area contributed by atoms with E-state index in [0.717, 1.165) is 30.6 Å². The van der Waals surface area contributed by atoms with E-state index in [1.54, 1.807) is 7.11 Å². The van der Waals surface area contributed by atoms with Crippen LogP contribution in [0, 0.1) is 5.92 Å². The Hall–Kier alpha value is -1.88. The second kappa shape index (κ2) is 5.48. The van der Waals surface area contributed by atoms with Crippen LogP contribution in [0.15, 0.2) is 28.8 Å². The summed E-state index contributed by atoms with van der Waals surface area (Å²) >= 11 is 0. The highest BCUT2D eigenvalue weighted by Crippen LogP contribution is 2.37. The molecule has 5 heteroatoms. The Labute approximate surface area is 124 Å². The van der Waals surface area contributed by atoms with E-state index < -0.39 is 5.54 Å². The molecule has 21 heavy (non-hydrogen) atoms. The zero-order chi connectivity index (χ0) is 14.9. The summed E-state index contributed by atoms with van der Waals surface area (Å²) in [4.78, 5) is 4.52. The van der Waals surface area contributed by atoms with E-state index in [1.807, 2.05) is 24.3 Å². The van der Waals surface area contributed by atoms with Crippen molar-refractivity contribution in [1.82, 2.24) is 10.1 Å². The van der Waals surface area contributed by atoms with Gasteiger partial charge in [-0.25, -0.2) is 0 Å². The van der Waals surface area contributed by atoms with Crippen molar-refractivity contribution >= 4 is 0 Å². The molecule has 2 unspecified atom stereocenters. The van der Waals surface area contributed by atoms with Gasteiger partial charge in [0.25, 0.3) is 5.89 Å². The minimum atomic E-state index is -0.452. The van der Waals surface area contributed by atoms with Gasteiger partial charge >= 0.3 is 0 Å². The van der Waals surface area contributed by atoms with Crippen LogP contribution in [0.1, 0.15) is 38.4 Å². The minimum absolute atomic E-state index is 0.452. The molecule has 5 nitrogen and oxygen atoms in total. The number of nitrogens with two attached hydrogens (primary N) is 1. The molecule has 1 aromatic carbocycles. The highest BCUT2D eigenvalue weighted by molar-refractivity contribution is 5.54. The predicted molar refractivity (Wildman–Crippen MR) is 79.8 cm³/mol. The SMILES string of the molecule is COc1ccc(-c2nc(C3(N)CCCC(C)C3)no2)cc1. The summed E-state index contributed by atoms with van der Waals surface area (Å²) in [6.07, 6.45) is 4.17. The Balaban J connectivity index is 1.85. The molecule has 1 heterocycles. The van der Waals surface area contributed by atoms with Crippen molar-refractivity contribution in [3.63, 3.8) is 0 Å². The predicted octanol–water partition coefficient (Wildman–Crippen LogP) is 3.11. The Kier molecular flexibility index (Phi) is 3.68. The molecule has 1 aromatic heterocycles. The summed E-state index contributed by atoms with van der Waals surface area (Å²) in [5.41, 5.74) is 6.93. The molecule has 1 aliphatic rings. The lowest BCUT2D eigenvalue weighted by atomic mass is 9.76. The molecule has 2 N–H and O–H groups in total. The first-order chi connectivity index (χ1) is 10.1. The number of benzene rings is 1. The van der Waals surface area contributed by atoms with Crippen LogP contribution in [0.5, 0.6) is 5.75 Å². The molecular weight excluding hydrogens is 266 g/mol. The molecule has 1 saturated carbocycles. The molecule has 1 fully saturated rings. The average molecular weight is 287 g/mol. The van der Waals surface area contributed by atoms with Gasteiger partial charge in [0, 0.05) is 5.56 Å². The van der Waals surface area contributed by atoms with Gasteiger partial charge in [-0.3, -0.25) is 0 Å². The van der Waals surface area contributed by atoms with Crippen molar-refractivity contribution in [3.8, 4) is 17.2 Å². The molecule has 0 saturated heterocycles. The van der Waals surface area contributed by atoms with E-state index in [-0.39, 0.29) is 0 Å². The summed E-state index contributed by atoms with van der Waals surface area (Å²) in [7, 11) is 1.64. The summed E-state index contributed by atoms with van der Waals surface area (Å²) in [5, 5.41) is 4.12. The zero-order valence-corrected chi connectivity index (χ0v) is 12.5. The fourth-order valence-corrected chi connectivity index (χ4v) is 3.07. The highest BCUT2D eigenvalue weighted by Gasteiger charge is 2.37. The number of nitrogens with zero attached hydrogens (tertiary/aromatic N) is 2. The first-order valence-corrected chi connectivity index (χ1v) is 7.38. The summed E-state index contributed by atoms with van der Waals surface area (Å²) < 4.78 is 10.5. The van der Waals surface area contributed by atoms with Gasteiger partial charge in [0.15, 0.2) is 5.82 Å². The Bertz CT molecular complexity index is 608. The summed E-state index contributed by atoms with van der Waals surface area (Å²) in [5.74, 6) is 2.54. The molecular formula is C16H21N3O2. The van der Waals surface area contributed by atoms with Crippen LogP contribution in [0.2, 0.25) is 0 Å². The smallest absolute Gasteiger partial charge is 0.257 e. The summed E-state index contributed by atoms with van der Waals surface area (Å²) in [6.45, 7) is 2.23. The maximum Gasteiger partial charge on any atom is 0.257 e. The van der Waals surface area contributed by atoms with E-state index >= 15 is 0 Å². The molecule has 0 amide bonds. The van der Waals surface area contributed by atoms with Crippen LogP contribution in [0.4, 0.5) is 0 Å². The van der Waals surface area contributed by atoms with Gasteiger partial charge in [-0.2, -0.15) is 4.98 Å². The van der Waals surface area contributed by atoms with Gasteiger partial charge in [-0.1, -0.05) is 24.9 Å². The van der Waals surface area contributed by atoms with Crippen molar-refractivity contribution in [2.75, 3.05) is 7.11 Å². The normalized spacial score (nSPS) is 25.8. The monoisotopic (exact) mass is 287 g/mol. The van der Waals surface area contributed by atoms with E-state index in [1.165, 1.54) is 6.42 Å². The lowest BCUT2D eigenvalue weighted by Gasteiger charge is -2.33. The van der Waals surface area contributed by atoms with Crippen LogP contribution in [-0.4, -0.2) is 17.3 Å². The van der Waals surface area contributed by atoms with Crippen LogP contribution in [0.3, 0.4) is 0 Å². The maximum atomic E-state index is 6.50. The highest BCUT2D eigenvalue weighted by atomic mass is 16.5. The minimum Gasteiger partial charge on any atom is -0.497 e. The molecule has 1 aliphatic carbocycles. The molecule has 2 aromatic rings. The molecule has 112 valence electrons. The van der Waals surface area contributed by atoms with Gasteiger partial charge < -0.3 is 15.0 Å². The third-order valence-corrected chi connectivity index (χ3v) is 4.24. The van der Waals surface area contributed by atoms with Gasteiger partial charge in [0.1, 0.15) is 5.75 Å². The Morgan fingerprint density at radius 2 is 2.10 bits per heavy atom. The van der Waals surface area contributed by atoms with E-state index in [0.29, 0.717) is 17.6 Å². The molecule has 0 radical (unpaired) electrons. The number of methoxy groups -OCH3 is 1. The molecule has 3 rings (SSSR count). The van der Waals surface area contributed by atoms with Gasteiger partial charge in [0.2, 0.25) is 0 Å². The quantitative estimate of drug-likeness (QED) is 0.938. The average Bonchev–Trinajstić information content (AvgIpc) is 2.98. The maximum absolute atomic E-state index is 6.50. The van der Waals surface area contributed by atoms with Gasteiger partial charge in [-0.15, -0.1) is 0 Å². The second-order valence-electron chi connectivity index (χ2n) is 6.01.